The standard InChI is InChI=1S/C8H15N3O2/c1-10-4-6(11(2)5-10)3-7(9)8(12)13/h4,7H,3,5,9H2,1-2H3,(H,12,13). The summed E-state index contributed by atoms with van der Waals surface area (Å²) in [6.45, 7) is 0.793. The van der Waals surface area contributed by atoms with E-state index < -0.39 is 12.0 Å². The summed E-state index contributed by atoms with van der Waals surface area (Å²) < 4.78 is 0. The average Bonchev–Trinajstić information content (AvgIpc) is 2.30. The van der Waals surface area contributed by atoms with Crippen molar-refractivity contribution in [3.63, 3.8) is 0 Å². The monoisotopic (exact) mass is 185 g/mol. The lowest BCUT2D eigenvalue weighted by molar-refractivity contribution is -0.138. The van der Waals surface area contributed by atoms with Crippen LogP contribution in [0, 0.1) is 0 Å². The number of carboxylic acids is 1. The second-order valence-corrected chi connectivity index (χ2v) is 3.37. The highest BCUT2D eigenvalue weighted by atomic mass is 16.4. The molecule has 13 heavy (non-hydrogen) atoms. The summed E-state index contributed by atoms with van der Waals surface area (Å²) in [5, 5.41) is 8.61. The van der Waals surface area contributed by atoms with Gasteiger partial charge in [-0.25, -0.2) is 0 Å². The van der Waals surface area contributed by atoms with Gasteiger partial charge in [0, 0.05) is 32.4 Å². The Balaban J connectivity index is 2.54. The molecule has 0 aliphatic carbocycles. The maximum absolute atomic E-state index is 10.5. The molecule has 1 unspecified atom stereocenters. The minimum atomic E-state index is -0.955. The van der Waals surface area contributed by atoms with Gasteiger partial charge in [-0.1, -0.05) is 0 Å². The lowest BCUT2D eigenvalue weighted by Crippen LogP contribution is -2.32. The van der Waals surface area contributed by atoms with Crippen LogP contribution in [-0.4, -0.2) is 47.7 Å². The third-order valence-corrected chi connectivity index (χ3v) is 2.04. The van der Waals surface area contributed by atoms with E-state index in [1.54, 1.807) is 0 Å². The van der Waals surface area contributed by atoms with Crippen molar-refractivity contribution < 1.29 is 9.90 Å². The molecule has 1 rings (SSSR count). The summed E-state index contributed by atoms with van der Waals surface area (Å²) in [5.41, 5.74) is 6.39. The largest absolute Gasteiger partial charge is 0.480 e. The van der Waals surface area contributed by atoms with Crippen molar-refractivity contribution in [2.24, 2.45) is 5.73 Å². The highest BCUT2D eigenvalue weighted by Gasteiger charge is 2.20. The van der Waals surface area contributed by atoms with Crippen molar-refractivity contribution in [1.82, 2.24) is 9.80 Å². The molecule has 0 saturated carbocycles. The molecule has 3 N–H and O–H groups in total. The van der Waals surface area contributed by atoms with Crippen LogP contribution in [-0.2, 0) is 4.79 Å². The van der Waals surface area contributed by atoms with E-state index in [1.165, 1.54) is 0 Å². The fourth-order valence-electron chi connectivity index (χ4n) is 1.34. The van der Waals surface area contributed by atoms with Crippen molar-refractivity contribution in [2.75, 3.05) is 20.8 Å². The predicted octanol–water partition coefficient (Wildman–Crippen LogP) is -0.535. The molecular formula is C8H15N3O2. The third kappa shape index (κ3) is 2.35. The molecule has 1 aliphatic rings. The molecule has 1 aliphatic heterocycles. The van der Waals surface area contributed by atoms with Gasteiger partial charge in [0.15, 0.2) is 0 Å². The van der Waals surface area contributed by atoms with Crippen LogP contribution < -0.4 is 5.73 Å². The summed E-state index contributed by atoms with van der Waals surface area (Å²) in [4.78, 5) is 14.5. The van der Waals surface area contributed by atoms with Gasteiger partial charge in [0.05, 0.1) is 6.67 Å². The third-order valence-electron chi connectivity index (χ3n) is 2.04. The van der Waals surface area contributed by atoms with Crippen LogP contribution in [0.3, 0.4) is 0 Å². The molecule has 0 fully saturated rings. The Bertz CT molecular complexity index is 240. The number of hydrogen-bond acceptors (Lipinski definition) is 4. The molecular weight excluding hydrogens is 170 g/mol. The molecule has 0 aromatic carbocycles. The van der Waals surface area contributed by atoms with Gasteiger partial charge >= 0.3 is 5.97 Å². The smallest absolute Gasteiger partial charge is 0.320 e. The summed E-state index contributed by atoms with van der Waals surface area (Å²) in [6.07, 6.45) is 2.30. The topological polar surface area (TPSA) is 69.8 Å². The molecule has 5 nitrogen and oxygen atoms in total. The number of carboxylic acid groups (broad SMARTS) is 1. The normalized spacial score (nSPS) is 18.8. The second kappa shape index (κ2) is 3.66. The van der Waals surface area contributed by atoms with Crippen molar-refractivity contribution in [1.29, 1.82) is 0 Å². The van der Waals surface area contributed by atoms with Crippen LogP contribution >= 0.6 is 0 Å². The van der Waals surface area contributed by atoms with Crippen molar-refractivity contribution in [3.8, 4) is 0 Å². The van der Waals surface area contributed by atoms with Crippen LogP contribution in [0.15, 0.2) is 11.9 Å². The van der Waals surface area contributed by atoms with E-state index in [0.29, 0.717) is 6.42 Å². The van der Waals surface area contributed by atoms with E-state index in [2.05, 4.69) is 0 Å². The minimum Gasteiger partial charge on any atom is -0.480 e. The lowest BCUT2D eigenvalue weighted by atomic mass is 10.2. The molecule has 0 aromatic rings. The molecule has 0 spiro atoms. The first-order chi connectivity index (χ1) is 6.00. The molecule has 1 heterocycles. The Morgan fingerprint density at radius 1 is 1.77 bits per heavy atom. The zero-order valence-electron chi connectivity index (χ0n) is 7.90. The van der Waals surface area contributed by atoms with Gasteiger partial charge in [-0.3, -0.25) is 4.79 Å². The Kier molecular flexibility index (Phi) is 2.77. The first-order valence-electron chi connectivity index (χ1n) is 4.11. The molecule has 5 heteroatoms. The Hall–Kier alpha value is -1.23. The zero-order valence-corrected chi connectivity index (χ0v) is 7.90. The van der Waals surface area contributed by atoms with Crippen molar-refractivity contribution >= 4 is 5.97 Å². The molecule has 0 bridgehead atoms. The summed E-state index contributed by atoms with van der Waals surface area (Å²) in [7, 11) is 3.86. The Morgan fingerprint density at radius 3 is 2.77 bits per heavy atom. The molecule has 0 radical (unpaired) electrons. The van der Waals surface area contributed by atoms with Crippen LogP contribution in [0.25, 0.3) is 0 Å². The van der Waals surface area contributed by atoms with Crippen LogP contribution in [0.4, 0.5) is 0 Å². The minimum absolute atomic E-state index is 0.385. The molecule has 0 saturated heterocycles. The van der Waals surface area contributed by atoms with Gasteiger partial charge in [0.2, 0.25) is 0 Å². The van der Waals surface area contributed by atoms with Gasteiger partial charge in [-0.05, 0) is 0 Å². The summed E-state index contributed by atoms with van der Waals surface area (Å²) in [6, 6.07) is -0.805. The van der Waals surface area contributed by atoms with Gasteiger partial charge in [0.1, 0.15) is 6.04 Å². The molecule has 0 amide bonds. The number of carbonyl (C=O) groups is 1. The maximum atomic E-state index is 10.5. The number of nitrogens with two attached hydrogens (primary N) is 1. The number of rotatable bonds is 3. The van der Waals surface area contributed by atoms with Crippen LogP contribution in [0.5, 0.6) is 0 Å². The average molecular weight is 185 g/mol. The number of aliphatic carboxylic acids is 1. The van der Waals surface area contributed by atoms with Gasteiger partial charge in [-0.2, -0.15) is 0 Å². The van der Waals surface area contributed by atoms with Gasteiger partial charge in [0.25, 0.3) is 0 Å². The first kappa shape index (κ1) is 9.85. The van der Waals surface area contributed by atoms with Crippen LogP contribution in [0.2, 0.25) is 0 Å². The van der Waals surface area contributed by atoms with E-state index in [4.69, 9.17) is 10.8 Å². The highest BCUT2D eigenvalue weighted by Crippen LogP contribution is 2.16. The number of hydrogen-bond donors (Lipinski definition) is 2. The lowest BCUT2D eigenvalue weighted by Gasteiger charge is -2.17. The Morgan fingerprint density at radius 2 is 2.38 bits per heavy atom. The molecule has 1 atom stereocenters. The SMILES string of the molecule is CN1C=C(CC(N)C(=O)O)N(C)C1. The summed E-state index contributed by atoms with van der Waals surface area (Å²) >= 11 is 0. The van der Waals surface area contributed by atoms with E-state index >= 15 is 0 Å². The fraction of sp³-hybridized carbons (Fsp3) is 0.625. The van der Waals surface area contributed by atoms with E-state index in [9.17, 15) is 4.79 Å². The second-order valence-electron chi connectivity index (χ2n) is 3.37. The van der Waals surface area contributed by atoms with Crippen molar-refractivity contribution in [3.05, 3.63) is 11.9 Å². The van der Waals surface area contributed by atoms with Gasteiger partial charge in [-0.15, -0.1) is 0 Å². The fourth-order valence-corrected chi connectivity index (χ4v) is 1.34. The van der Waals surface area contributed by atoms with E-state index in [1.807, 2.05) is 30.1 Å². The number of nitrogens with zero attached hydrogens (tertiary/aromatic N) is 2. The van der Waals surface area contributed by atoms with Crippen LogP contribution in [0.1, 0.15) is 6.42 Å². The molecule has 74 valence electrons. The quantitative estimate of drug-likeness (QED) is 0.618. The Labute approximate surface area is 77.4 Å². The predicted molar refractivity (Wildman–Crippen MR) is 48.7 cm³/mol. The molecule has 0 aromatic heterocycles. The maximum Gasteiger partial charge on any atom is 0.320 e. The zero-order chi connectivity index (χ0) is 10.0. The summed E-state index contributed by atoms with van der Waals surface area (Å²) in [5.74, 6) is -0.955. The van der Waals surface area contributed by atoms with E-state index in [-0.39, 0.29) is 0 Å². The first-order valence-corrected chi connectivity index (χ1v) is 4.11. The van der Waals surface area contributed by atoms with E-state index in [0.717, 1.165) is 12.4 Å². The van der Waals surface area contributed by atoms with Crippen molar-refractivity contribution in [2.45, 2.75) is 12.5 Å². The highest BCUT2D eigenvalue weighted by molar-refractivity contribution is 5.73. The van der Waals surface area contributed by atoms with Gasteiger partial charge < -0.3 is 20.6 Å².